The lowest BCUT2D eigenvalue weighted by atomic mass is 10.0. The molecule has 5 aromatic carbocycles. The molecule has 0 aliphatic carbocycles. The van der Waals surface area contributed by atoms with Crippen molar-refractivity contribution >= 4 is 37.5 Å². The molecule has 1 N–H and O–H groups in total. The van der Waals surface area contributed by atoms with E-state index in [1.165, 1.54) is 33.0 Å². The predicted molar refractivity (Wildman–Crippen MR) is 176 cm³/mol. The number of anilines is 1. The first kappa shape index (κ1) is 29.8. The lowest BCUT2D eigenvalue weighted by Crippen LogP contribution is -2.23. The average molecular weight is 591 g/mol. The molecule has 0 spiro atoms. The fourth-order valence-electron chi connectivity index (χ4n) is 5.11. The molecule has 0 saturated carbocycles. The highest BCUT2D eigenvalue weighted by Crippen LogP contribution is 2.38. The number of para-hydroxylation sites is 2. The molecule has 7 rings (SSSR count). The molecule has 1 aliphatic heterocycles. The molecule has 43 heavy (non-hydrogen) atoms. The number of hydrogen-bond acceptors (Lipinski definition) is 5. The van der Waals surface area contributed by atoms with E-state index in [-0.39, 0.29) is 0 Å². The second-order valence-electron chi connectivity index (χ2n) is 10.3. The van der Waals surface area contributed by atoms with Crippen molar-refractivity contribution in [3.63, 3.8) is 0 Å². The Balaban J connectivity index is 0.000000201. The quantitative estimate of drug-likeness (QED) is 0.205. The highest BCUT2D eigenvalue weighted by Gasteiger charge is 2.21. The van der Waals surface area contributed by atoms with E-state index in [0.717, 1.165) is 42.9 Å². The van der Waals surface area contributed by atoms with E-state index in [0.29, 0.717) is 6.26 Å². The van der Waals surface area contributed by atoms with Crippen molar-refractivity contribution in [3.8, 4) is 11.5 Å². The van der Waals surface area contributed by atoms with Gasteiger partial charge in [0.25, 0.3) is 10.1 Å². The van der Waals surface area contributed by atoms with Crippen molar-refractivity contribution in [2.24, 2.45) is 0 Å². The van der Waals surface area contributed by atoms with Crippen LogP contribution in [0.3, 0.4) is 0 Å². The molecular weight excluding hydrogens is 556 g/mol. The maximum Gasteiger partial charge on any atom is 0.261 e. The molecule has 1 aliphatic rings. The van der Waals surface area contributed by atoms with Crippen LogP contribution in [0.4, 0.5) is 5.69 Å². The number of aromatic nitrogens is 1. The SMILES string of the molecule is CS(=O)(=O)O.c1ccc(CCN2CCc3ccc4ccc(Oc5ccccc5)cc4c32)cc1.c1ccc2ncccc2c1. The van der Waals surface area contributed by atoms with Crippen molar-refractivity contribution in [2.45, 2.75) is 12.8 Å². The summed E-state index contributed by atoms with van der Waals surface area (Å²) in [4.78, 5) is 6.72. The van der Waals surface area contributed by atoms with Crippen LogP contribution in [0.2, 0.25) is 0 Å². The number of benzene rings is 5. The van der Waals surface area contributed by atoms with E-state index in [2.05, 4.69) is 82.7 Å². The minimum atomic E-state index is -3.67. The van der Waals surface area contributed by atoms with Crippen molar-refractivity contribution in [3.05, 3.63) is 145 Å². The number of nitrogens with zero attached hydrogens (tertiary/aromatic N) is 2. The summed E-state index contributed by atoms with van der Waals surface area (Å²) in [6, 6.07) is 43.8. The monoisotopic (exact) mass is 590 g/mol. The first-order valence-corrected chi connectivity index (χ1v) is 16.0. The second-order valence-corrected chi connectivity index (χ2v) is 11.7. The van der Waals surface area contributed by atoms with Crippen LogP contribution in [-0.4, -0.2) is 37.3 Å². The molecule has 218 valence electrons. The Hall–Kier alpha value is -4.72. The fourth-order valence-corrected chi connectivity index (χ4v) is 5.11. The normalized spacial score (nSPS) is 12.1. The standard InChI is InChI=1S/C26H23NO.C9H7N.CH4O3S/c1-3-7-20(8-4-1)15-17-27-18-16-22-12-11-21-13-14-24(19-25(21)26(22)27)28-23-9-5-2-6-10-23;1-2-6-9-8(4-1)5-3-7-10-9;1-5(2,3)4/h1-14,19H,15-18H2;1-7H;1H3,(H,2,3,4). The minimum absolute atomic E-state index is 0.715. The van der Waals surface area contributed by atoms with Crippen LogP contribution >= 0.6 is 0 Å². The Labute approximate surface area is 253 Å². The second kappa shape index (κ2) is 14.0. The van der Waals surface area contributed by atoms with Gasteiger partial charge in [-0.3, -0.25) is 9.54 Å². The average Bonchev–Trinajstić information content (AvgIpc) is 3.44. The lowest BCUT2D eigenvalue weighted by molar-refractivity contribution is 0.483. The molecular formula is C36H34N2O4S. The molecule has 7 heteroatoms. The first-order chi connectivity index (χ1) is 20.8. The number of fused-ring (bicyclic) bond motifs is 4. The zero-order chi connectivity index (χ0) is 30.1. The van der Waals surface area contributed by atoms with E-state index >= 15 is 0 Å². The topological polar surface area (TPSA) is 79.7 Å². The summed E-state index contributed by atoms with van der Waals surface area (Å²) in [7, 11) is -3.67. The molecule has 0 bridgehead atoms. The van der Waals surface area contributed by atoms with Gasteiger partial charge in [-0.2, -0.15) is 8.42 Å². The Bertz CT molecular complexity index is 1820. The van der Waals surface area contributed by atoms with Gasteiger partial charge in [-0.1, -0.05) is 91.0 Å². The zero-order valence-corrected chi connectivity index (χ0v) is 24.8. The number of ether oxygens (including phenoxy) is 1. The molecule has 2 heterocycles. The van der Waals surface area contributed by atoms with Crippen molar-refractivity contribution in [1.82, 2.24) is 4.98 Å². The van der Waals surface area contributed by atoms with Crippen molar-refractivity contribution in [1.29, 1.82) is 0 Å². The number of rotatable bonds is 5. The molecule has 6 aromatic rings. The Kier molecular flexibility index (Phi) is 9.66. The third-order valence-electron chi connectivity index (χ3n) is 7.02. The van der Waals surface area contributed by atoms with Gasteiger partial charge in [0.05, 0.1) is 11.8 Å². The lowest BCUT2D eigenvalue weighted by Gasteiger charge is -2.21. The molecule has 0 fully saturated rings. The highest BCUT2D eigenvalue weighted by atomic mass is 32.2. The van der Waals surface area contributed by atoms with Crippen molar-refractivity contribution < 1.29 is 17.7 Å². The molecule has 6 nitrogen and oxygen atoms in total. The summed E-state index contributed by atoms with van der Waals surface area (Å²) in [6.45, 7) is 2.13. The van der Waals surface area contributed by atoms with Gasteiger partial charge in [-0.05, 0) is 65.8 Å². The van der Waals surface area contributed by atoms with Crippen molar-refractivity contribution in [2.75, 3.05) is 24.2 Å². The van der Waals surface area contributed by atoms with E-state index < -0.39 is 10.1 Å². The minimum Gasteiger partial charge on any atom is -0.457 e. The third kappa shape index (κ3) is 8.64. The van der Waals surface area contributed by atoms with Gasteiger partial charge in [0, 0.05) is 35.7 Å². The van der Waals surface area contributed by atoms with Gasteiger partial charge in [-0.15, -0.1) is 0 Å². The molecule has 0 unspecified atom stereocenters. The summed E-state index contributed by atoms with van der Waals surface area (Å²) in [6.07, 6.45) is 4.70. The van der Waals surface area contributed by atoms with Gasteiger partial charge < -0.3 is 9.64 Å². The predicted octanol–water partition coefficient (Wildman–Crippen LogP) is 7.98. The first-order valence-electron chi connectivity index (χ1n) is 14.1. The van der Waals surface area contributed by atoms with Gasteiger partial charge in [-0.25, -0.2) is 0 Å². The van der Waals surface area contributed by atoms with E-state index in [1.807, 2.05) is 60.8 Å². The number of hydrogen-bond donors (Lipinski definition) is 1. The third-order valence-corrected chi connectivity index (χ3v) is 7.02. The maximum absolute atomic E-state index is 9.19. The van der Waals surface area contributed by atoms with Gasteiger partial charge in [0.2, 0.25) is 0 Å². The maximum atomic E-state index is 9.19. The van der Waals surface area contributed by atoms with E-state index in [9.17, 15) is 8.42 Å². The summed E-state index contributed by atoms with van der Waals surface area (Å²) >= 11 is 0. The molecule has 1 aromatic heterocycles. The van der Waals surface area contributed by atoms with Crippen LogP contribution in [0.25, 0.3) is 21.7 Å². The van der Waals surface area contributed by atoms with Gasteiger partial charge in [0.15, 0.2) is 0 Å². The molecule has 0 radical (unpaired) electrons. The van der Waals surface area contributed by atoms with Crippen LogP contribution in [-0.2, 0) is 23.0 Å². The fraction of sp³-hybridized carbons (Fsp3) is 0.139. The van der Waals surface area contributed by atoms with E-state index in [1.54, 1.807) is 0 Å². The Morgan fingerprint density at radius 3 is 2.16 bits per heavy atom. The smallest absolute Gasteiger partial charge is 0.261 e. The summed E-state index contributed by atoms with van der Waals surface area (Å²) < 4.78 is 32.0. The van der Waals surface area contributed by atoms with Crippen LogP contribution in [0, 0.1) is 0 Å². The van der Waals surface area contributed by atoms with Crippen LogP contribution in [0.1, 0.15) is 11.1 Å². The van der Waals surface area contributed by atoms with Gasteiger partial charge >= 0.3 is 0 Å². The Morgan fingerprint density at radius 2 is 1.42 bits per heavy atom. The number of pyridine rings is 1. The van der Waals surface area contributed by atoms with Crippen LogP contribution in [0.5, 0.6) is 11.5 Å². The highest BCUT2D eigenvalue weighted by molar-refractivity contribution is 7.85. The molecule has 0 saturated heterocycles. The molecule has 0 amide bonds. The largest absolute Gasteiger partial charge is 0.457 e. The van der Waals surface area contributed by atoms with Crippen LogP contribution in [0.15, 0.2) is 134 Å². The summed E-state index contributed by atoms with van der Waals surface area (Å²) in [5.41, 5.74) is 5.28. The van der Waals surface area contributed by atoms with E-state index in [4.69, 9.17) is 9.29 Å². The summed E-state index contributed by atoms with van der Waals surface area (Å²) in [5, 5.41) is 3.76. The van der Waals surface area contributed by atoms with Crippen LogP contribution < -0.4 is 9.64 Å². The van der Waals surface area contributed by atoms with Gasteiger partial charge in [0.1, 0.15) is 11.5 Å². The molecule has 0 atom stereocenters. The Morgan fingerprint density at radius 1 is 0.767 bits per heavy atom. The zero-order valence-electron chi connectivity index (χ0n) is 24.0. The summed E-state index contributed by atoms with van der Waals surface area (Å²) in [5.74, 6) is 1.76.